The highest BCUT2D eigenvalue weighted by Gasteiger charge is 2.24. The van der Waals surface area contributed by atoms with Crippen LogP contribution in [0.4, 0.5) is 8.78 Å². The molecule has 19 heavy (non-hydrogen) atoms. The highest BCUT2D eigenvalue weighted by Crippen LogP contribution is 2.23. The largest absolute Gasteiger partial charge is 0.377 e. The van der Waals surface area contributed by atoms with Crippen LogP contribution in [-0.4, -0.2) is 37.2 Å². The van der Waals surface area contributed by atoms with Gasteiger partial charge in [-0.15, -0.1) is 0 Å². The van der Waals surface area contributed by atoms with E-state index >= 15 is 0 Å². The van der Waals surface area contributed by atoms with Crippen molar-refractivity contribution in [2.24, 2.45) is 5.73 Å². The van der Waals surface area contributed by atoms with Gasteiger partial charge in [-0.1, -0.05) is 6.07 Å². The average Bonchev–Trinajstić information content (AvgIpc) is 2.59. The van der Waals surface area contributed by atoms with Crippen LogP contribution in [0, 0.1) is 11.6 Å². The van der Waals surface area contributed by atoms with Crippen molar-refractivity contribution >= 4 is 0 Å². The summed E-state index contributed by atoms with van der Waals surface area (Å²) < 4.78 is 31.9. The van der Waals surface area contributed by atoms with E-state index < -0.39 is 11.6 Å². The zero-order chi connectivity index (χ0) is 13.8. The molecule has 1 fully saturated rings. The van der Waals surface area contributed by atoms with Crippen molar-refractivity contribution in [3.05, 3.63) is 35.4 Å². The van der Waals surface area contributed by atoms with Crippen molar-refractivity contribution in [1.29, 1.82) is 0 Å². The molecule has 1 aliphatic heterocycles. The van der Waals surface area contributed by atoms with Crippen LogP contribution in [0.5, 0.6) is 0 Å². The molecule has 1 aromatic carbocycles. The third kappa shape index (κ3) is 3.49. The first-order valence-corrected chi connectivity index (χ1v) is 6.62. The fraction of sp³-hybridized carbons (Fsp3) is 0.571. The van der Waals surface area contributed by atoms with Gasteiger partial charge in [0.2, 0.25) is 0 Å². The molecular formula is C14H20F2N2O. The molecule has 1 aromatic rings. The van der Waals surface area contributed by atoms with E-state index in [1.165, 1.54) is 6.07 Å². The second-order valence-electron chi connectivity index (χ2n) is 4.95. The van der Waals surface area contributed by atoms with Crippen molar-refractivity contribution in [3.8, 4) is 0 Å². The molecule has 1 saturated heterocycles. The SMILES string of the molecule is CC1CN(C(CN)c2ccc(F)c(F)c2)CCCO1. The zero-order valence-corrected chi connectivity index (χ0v) is 11.1. The highest BCUT2D eigenvalue weighted by atomic mass is 19.2. The summed E-state index contributed by atoms with van der Waals surface area (Å²) in [6.07, 6.45) is 1.05. The quantitative estimate of drug-likeness (QED) is 0.914. The molecule has 0 spiro atoms. The Bertz CT molecular complexity index is 428. The van der Waals surface area contributed by atoms with Crippen molar-refractivity contribution in [1.82, 2.24) is 4.90 Å². The fourth-order valence-corrected chi connectivity index (χ4v) is 2.53. The Kier molecular flexibility index (Phi) is 4.85. The van der Waals surface area contributed by atoms with Gasteiger partial charge in [0.1, 0.15) is 0 Å². The van der Waals surface area contributed by atoms with E-state index in [1.54, 1.807) is 6.07 Å². The summed E-state index contributed by atoms with van der Waals surface area (Å²) in [5, 5.41) is 0. The van der Waals surface area contributed by atoms with E-state index in [0.29, 0.717) is 6.54 Å². The van der Waals surface area contributed by atoms with Gasteiger partial charge in [0.25, 0.3) is 0 Å². The van der Waals surface area contributed by atoms with Crippen molar-refractivity contribution < 1.29 is 13.5 Å². The Labute approximate surface area is 112 Å². The van der Waals surface area contributed by atoms with E-state index in [0.717, 1.165) is 37.7 Å². The third-order valence-corrected chi connectivity index (χ3v) is 3.48. The molecule has 2 unspecified atom stereocenters. The summed E-state index contributed by atoms with van der Waals surface area (Å²) in [6.45, 7) is 4.72. The Hall–Kier alpha value is -1.04. The second kappa shape index (κ2) is 6.41. The predicted octanol–water partition coefficient (Wildman–Crippen LogP) is 2.08. The molecule has 106 valence electrons. The lowest BCUT2D eigenvalue weighted by molar-refractivity contribution is 0.0611. The zero-order valence-electron chi connectivity index (χ0n) is 11.1. The Balaban J connectivity index is 2.20. The molecule has 0 aromatic heterocycles. The van der Waals surface area contributed by atoms with Crippen LogP contribution in [0.1, 0.15) is 24.9 Å². The Morgan fingerprint density at radius 2 is 2.21 bits per heavy atom. The highest BCUT2D eigenvalue weighted by molar-refractivity contribution is 5.22. The number of ether oxygens (including phenoxy) is 1. The molecule has 2 atom stereocenters. The van der Waals surface area contributed by atoms with Crippen molar-refractivity contribution in [3.63, 3.8) is 0 Å². The smallest absolute Gasteiger partial charge is 0.159 e. The second-order valence-corrected chi connectivity index (χ2v) is 4.95. The first-order valence-electron chi connectivity index (χ1n) is 6.62. The molecule has 0 aliphatic carbocycles. The summed E-state index contributed by atoms with van der Waals surface area (Å²) in [7, 11) is 0. The van der Waals surface area contributed by atoms with Crippen LogP contribution < -0.4 is 5.73 Å². The van der Waals surface area contributed by atoms with Gasteiger partial charge in [0.05, 0.1) is 6.10 Å². The number of nitrogens with two attached hydrogens (primary N) is 1. The number of benzene rings is 1. The minimum Gasteiger partial charge on any atom is -0.377 e. The number of rotatable bonds is 3. The average molecular weight is 270 g/mol. The van der Waals surface area contributed by atoms with Gasteiger partial charge in [-0.25, -0.2) is 8.78 Å². The predicted molar refractivity (Wildman–Crippen MR) is 69.8 cm³/mol. The van der Waals surface area contributed by atoms with E-state index in [1.807, 2.05) is 6.92 Å². The molecule has 2 N–H and O–H groups in total. The number of nitrogens with zero attached hydrogens (tertiary/aromatic N) is 1. The van der Waals surface area contributed by atoms with Gasteiger partial charge in [0, 0.05) is 32.3 Å². The number of hydrogen-bond acceptors (Lipinski definition) is 3. The molecule has 0 radical (unpaired) electrons. The standard InChI is InChI=1S/C14H20F2N2O/c1-10-9-18(5-2-6-19-10)14(8-17)11-3-4-12(15)13(16)7-11/h3-4,7,10,14H,2,5-6,8-9,17H2,1H3. The number of hydrogen-bond donors (Lipinski definition) is 1. The van der Waals surface area contributed by atoms with Gasteiger partial charge in [-0.3, -0.25) is 4.90 Å². The Morgan fingerprint density at radius 1 is 1.42 bits per heavy atom. The molecule has 0 saturated carbocycles. The first-order chi connectivity index (χ1) is 9.11. The minimum absolute atomic E-state index is 0.0979. The number of halogens is 2. The van der Waals surface area contributed by atoms with E-state index in [2.05, 4.69) is 4.90 Å². The lowest BCUT2D eigenvalue weighted by Crippen LogP contribution is -2.37. The third-order valence-electron chi connectivity index (χ3n) is 3.48. The minimum atomic E-state index is -0.827. The van der Waals surface area contributed by atoms with E-state index in [9.17, 15) is 8.78 Å². The normalized spacial score (nSPS) is 23.1. The summed E-state index contributed by atoms with van der Waals surface area (Å²) in [5.74, 6) is -1.65. The fourth-order valence-electron chi connectivity index (χ4n) is 2.53. The molecule has 0 bridgehead atoms. The Morgan fingerprint density at radius 3 is 2.89 bits per heavy atom. The van der Waals surface area contributed by atoms with Gasteiger partial charge < -0.3 is 10.5 Å². The maximum Gasteiger partial charge on any atom is 0.159 e. The van der Waals surface area contributed by atoms with Gasteiger partial charge in [-0.2, -0.15) is 0 Å². The summed E-state index contributed by atoms with van der Waals surface area (Å²) in [4.78, 5) is 2.18. The molecule has 1 heterocycles. The summed E-state index contributed by atoms with van der Waals surface area (Å²) in [5.41, 5.74) is 6.54. The molecule has 1 aliphatic rings. The molecule has 3 nitrogen and oxygen atoms in total. The summed E-state index contributed by atoms with van der Waals surface area (Å²) in [6, 6.07) is 3.90. The molecular weight excluding hydrogens is 250 g/mol. The van der Waals surface area contributed by atoms with E-state index in [4.69, 9.17) is 10.5 Å². The lowest BCUT2D eigenvalue weighted by atomic mass is 10.0. The van der Waals surface area contributed by atoms with Crippen LogP contribution in [0.3, 0.4) is 0 Å². The van der Waals surface area contributed by atoms with Crippen LogP contribution >= 0.6 is 0 Å². The summed E-state index contributed by atoms with van der Waals surface area (Å²) >= 11 is 0. The topological polar surface area (TPSA) is 38.5 Å². The van der Waals surface area contributed by atoms with Crippen LogP contribution in [-0.2, 0) is 4.74 Å². The van der Waals surface area contributed by atoms with Crippen LogP contribution in [0.25, 0.3) is 0 Å². The van der Waals surface area contributed by atoms with Crippen LogP contribution in [0.15, 0.2) is 18.2 Å². The molecule has 0 amide bonds. The molecule has 5 heteroatoms. The van der Waals surface area contributed by atoms with Gasteiger partial charge >= 0.3 is 0 Å². The first kappa shape index (κ1) is 14.4. The maximum atomic E-state index is 13.3. The van der Waals surface area contributed by atoms with Gasteiger partial charge in [-0.05, 0) is 31.0 Å². The molecule has 2 rings (SSSR count). The van der Waals surface area contributed by atoms with Crippen molar-refractivity contribution in [2.75, 3.05) is 26.2 Å². The van der Waals surface area contributed by atoms with E-state index in [-0.39, 0.29) is 12.1 Å². The van der Waals surface area contributed by atoms with Crippen LogP contribution in [0.2, 0.25) is 0 Å². The van der Waals surface area contributed by atoms with Gasteiger partial charge in [0.15, 0.2) is 11.6 Å². The maximum absolute atomic E-state index is 13.3. The lowest BCUT2D eigenvalue weighted by Gasteiger charge is -2.31. The van der Waals surface area contributed by atoms with Crippen molar-refractivity contribution in [2.45, 2.75) is 25.5 Å². The monoisotopic (exact) mass is 270 g/mol.